The van der Waals surface area contributed by atoms with Gasteiger partial charge in [-0.3, -0.25) is 0 Å². The largest absolute Gasteiger partial charge is 0.396 e. The maximum Gasteiger partial charge on any atom is 0.0545 e. The second kappa shape index (κ2) is 9.08. The minimum Gasteiger partial charge on any atom is -0.396 e. The molecule has 2 nitrogen and oxygen atoms in total. The van der Waals surface area contributed by atoms with Gasteiger partial charge in [-0.05, 0) is 12.8 Å². The molecule has 0 saturated heterocycles. The molecule has 0 atom stereocenters. The molecule has 0 saturated carbocycles. The molecule has 0 aliphatic heterocycles. The molecule has 0 aromatic rings. The molecule has 0 aliphatic carbocycles. The fourth-order valence-corrected chi connectivity index (χ4v) is 1.96. The predicted molar refractivity (Wildman–Crippen MR) is 69.1 cm³/mol. The SMILES string of the molecule is C#CCSCCNCC(CC)(CC)CO. The van der Waals surface area contributed by atoms with Crippen LogP contribution in [0.15, 0.2) is 0 Å². The zero-order valence-electron chi connectivity index (χ0n) is 9.88. The lowest BCUT2D eigenvalue weighted by molar-refractivity contribution is 0.114. The second-order valence-electron chi connectivity index (χ2n) is 3.80. The highest BCUT2D eigenvalue weighted by atomic mass is 32.2. The topological polar surface area (TPSA) is 32.3 Å². The van der Waals surface area contributed by atoms with Gasteiger partial charge in [-0.15, -0.1) is 18.2 Å². The van der Waals surface area contributed by atoms with Crippen LogP contribution in [0.2, 0.25) is 0 Å². The molecular formula is C12H23NOS. The third-order valence-electron chi connectivity index (χ3n) is 2.94. The van der Waals surface area contributed by atoms with Crippen molar-refractivity contribution in [3.8, 4) is 12.3 Å². The smallest absolute Gasteiger partial charge is 0.0545 e. The Morgan fingerprint density at radius 1 is 1.40 bits per heavy atom. The summed E-state index contributed by atoms with van der Waals surface area (Å²) in [5.41, 5.74) is 0.0663. The Hall–Kier alpha value is -0.170. The average Bonchev–Trinajstić information content (AvgIpc) is 2.29. The summed E-state index contributed by atoms with van der Waals surface area (Å²) in [4.78, 5) is 0. The minimum absolute atomic E-state index is 0.0663. The maximum absolute atomic E-state index is 9.35. The Morgan fingerprint density at radius 2 is 2.07 bits per heavy atom. The van der Waals surface area contributed by atoms with Crippen LogP contribution in [0.5, 0.6) is 0 Å². The molecule has 0 radical (unpaired) electrons. The van der Waals surface area contributed by atoms with Crippen LogP contribution in [0.4, 0.5) is 0 Å². The molecule has 15 heavy (non-hydrogen) atoms. The summed E-state index contributed by atoms with van der Waals surface area (Å²) in [7, 11) is 0. The summed E-state index contributed by atoms with van der Waals surface area (Å²) in [5, 5.41) is 12.7. The lowest BCUT2D eigenvalue weighted by Gasteiger charge is -2.29. The number of hydrogen-bond donors (Lipinski definition) is 2. The number of aliphatic hydroxyl groups is 1. The summed E-state index contributed by atoms with van der Waals surface area (Å²) >= 11 is 1.77. The van der Waals surface area contributed by atoms with Gasteiger partial charge in [0, 0.05) is 30.9 Å². The summed E-state index contributed by atoms with van der Waals surface area (Å²) in [6.45, 7) is 6.40. The van der Waals surface area contributed by atoms with E-state index in [1.807, 2.05) is 0 Å². The third-order valence-corrected chi connectivity index (χ3v) is 3.81. The molecule has 0 aliphatic rings. The molecule has 0 aromatic heterocycles. The van der Waals surface area contributed by atoms with Gasteiger partial charge in [0.2, 0.25) is 0 Å². The van der Waals surface area contributed by atoms with Crippen molar-refractivity contribution in [1.29, 1.82) is 0 Å². The van der Waals surface area contributed by atoms with E-state index in [0.29, 0.717) is 0 Å². The first-order valence-corrected chi connectivity index (χ1v) is 6.73. The molecule has 0 unspecified atom stereocenters. The highest BCUT2D eigenvalue weighted by Gasteiger charge is 2.24. The van der Waals surface area contributed by atoms with E-state index < -0.39 is 0 Å². The van der Waals surface area contributed by atoms with Crippen molar-refractivity contribution in [2.45, 2.75) is 26.7 Å². The summed E-state index contributed by atoms with van der Waals surface area (Å²) in [5.74, 6) is 4.43. The molecule has 0 rings (SSSR count). The fraction of sp³-hybridized carbons (Fsp3) is 0.833. The van der Waals surface area contributed by atoms with E-state index in [9.17, 15) is 5.11 Å². The zero-order valence-corrected chi connectivity index (χ0v) is 10.7. The maximum atomic E-state index is 9.35. The quantitative estimate of drug-likeness (QED) is 0.466. The zero-order chi connectivity index (χ0) is 11.6. The van der Waals surface area contributed by atoms with Crippen LogP contribution in [-0.4, -0.2) is 36.3 Å². The first-order valence-electron chi connectivity index (χ1n) is 5.57. The molecule has 2 N–H and O–H groups in total. The number of nitrogens with one attached hydrogen (secondary N) is 1. The van der Waals surface area contributed by atoms with Gasteiger partial charge in [-0.25, -0.2) is 0 Å². The summed E-state index contributed by atoms with van der Waals surface area (Å²) in [6.07, 6.45) is 7.19. The van der Waals surface area contributed by atoms with Crippen molar-refractivity contribution in [2.24, 2.45) is 5.41 Å². The highest BCUT2D eigenvalue weighted by Crippen LogP contribution is 2.24. The van der Waals surface area contributed by atoms with Crippen LogP contribution in [0.25, 0.3) is 0 Å². The summed E-state index contributed by atoms with van der Waals surface area (Å²) < 4.78 is 0. The second-order valence-corrected chi connectivity index (χ2v) is 4.90. The summed E-state index contributed by atoms with van der Waals surface area (Å²) in [6, 6.07) is 0. The number of thioether (sulfide) groups is 1. The van der Waals surface area contributed by atoms with Gasteiger partial charge in [-0.1, -0.05) is 19.8 Å². The molecular weight excluding hydrogens is 206 g/mol. The normalized spacial score (nSPS) is 11.3. The molecule has 88 valence electrons. The molecule has 0 aromatic carbocycles. The lowest BCUT2D eigenvalue weighted by atomic mass is 9.83. The molecule has 0 spiro atoms. The van der Waals surface area contributed by atoms with Gasteiger partial charge < -0.3 is 10.4 Å². The van der Waals surface area contributed by atoms with Crippen molar-refractivity contribution < 1.29 is 5.11 Å². The highest BCUT2D eigenvalue weighted by molar-refractivity contribution is 7.99. The van der Waals surface area contributed by atoms with E-state index >= 15 is 0 Å². The Balaban J connectivity index is 3.59. The average molecular weight is 229 g/mol. The van der Waals surface area contributed by atoms with Crippen molar-refractivity contribution in [3.05, 3.63) is 0 Å². The number of terminal acetylenes is 1. The fourth-order valence-electron chi connectivity index (χ4n) is 1.41. The Labute approximate surface area is 98.2 Å². The van der Waals surface area contributed by atoms with Crippen LogP contribution < -0.4 is 5.32 Å². The lowest BCUT2D eigenvalue weighted by Crippen LogP contribution is -2.37. The van der Waals surface area contributed by atoms with Crippen LogP contribution >= 0.6 is 11.8 Å². The van der Waals surface area contributed by atoms with Crippen molar-refractivity contribution in [3.63, 3.8) is 0 Å². The van der Waals surface area contributed by atoms with Gasteiger partial charge in [0.15, 0.2) is 0 Å². The molecule has 0 fully saturated rings. The van der Waals surface area contributed by atoms with Gasteiger partial charge in [0.05, 0.1) is 5.75 Å². The Bertz CT molecular complexity index is 176. The minimum atomic E-state index is 0.0663. The Kier molecular flexibility index (Phi) is 8.98. The van der Waals surface area contributed by atoms with E-state index in [4.69, 9.17) is 6.42 Å². The monoisotopic (exact) mass is 229 g/mol. The van der Waals surface area contributed by atoms with E-state index in [1.54, 1.807) is 11.8 Å². The van der Waals surface area contributed by atoms with Gasteiger partial charge in [-0.2, -0.15) is 0 Å². The first-order chi connectivity index (χ1) is 7.24. The van der Waals surface area contributed by atoms with E-state index in [2.05, 4.69) is 25.1 Å². The van der Waals surface area contributed by atoms with Crippen molar-refractivity contribution >= 4 is 11.8 Å². The van der Waals surface area contributed by atoms with E-state index in [0.717, 1.165) is 37.4 Å². The number of aliphatic hydroxyl groups excluding tert-OH is 1. The van der Waals surface area contributed by atoms with Crippen LogP contribution in [0.1, 0.15) is 26.7 Å². The van der Waals surface area contributed by atoms with Crippen LogP contribution in [0, 0.1) is 17.8 Å². The molecule has 3 heteroatoms. The van der Waals surface area contributed by atoms with E-state index in [1.165, 1.54) is 0 Å². The van der Waals surface area contributed by atoms with Gasteiger partial charge >= 0.3 is 0 Å². The number of rotatable bonds is 9. The van der Waals surface area contributed by atoms with Crippen molar-refractivity contribution in [2.75, 3.05) is 31.2 Å². The number of hydrogen-bond acceptors (Lipinski definition) is 3. The van der Waals surface area contributed by atoms with Gasteiger partial charge in [0.25, 0.3) is 0 Å². The standard InChI is InChI=1S/C12H23NOS/c1-4-8-15-9-7-13-10-12(5-2,6-3)11-14/h1,13-14H,5-11H2,2-3H3. The van der Waals surface area contributed by atoms with Crippen LogP contribution in [0.3, 0.4) is 0 Å². The molecule has 0 bridgehead atoms. The van der Waals surface area contributed by atoms with Gasteiger partial charge in [0.1, 0.15) is 0 Å². The van der Waals surface area contributed by atoms with E-state index in [-0.39, 0.29) is 12.0 Å². The van der Waals surface area contributed by atoms with Crippen molar-refractivity contribution in [1.82, 2.24) is 5.32 Å². The molecule has 0 amide bonds. The third kappa shape index (κ3) is 6.09. The van der Waals surface area contributed by atoms with Crippen LogP contribution in [-0.2, 0) is 0 Å². The Morgan fingerprint density at radius 3 is 2.53 bits per heavy atom. The predicted octanol–water partition coefficient (Wildman–Crippen LogP) is 1.74. The first kappa shape index (κ1) is 14.8. The molecule has 0 heterocycles.